The van der Waals surface area contributed by atoms with Gasteiger partial charge in [-0.2, -0.15) is 5.26 Å². The minimum atomic E-state index is -0.771. The van der Waals surface area contributed by atoms with Gasteiger partial charge < -0.3 is 15.5 Å². The predicted molar refractivity (Wildman–Crippen MR) is 53.7 cm³/mol. The number of amides is 1. The van der Waals surface area contributed by atoms with Gasteiger partial charge in [-0.3, -0.25) is 4.79 Å². The molecule has 0 saturated heterocycles. The third-order valence-electron chi connectivity index (χ3n) is 1.31. The molecule has 0 heterocycles. The van der Waals surface area contributed by atoms with Gasteiger partial charge >= 0.3 is 0 Å². The Bertz CT molecular complexity index is 205. The van der Waals surface area contributed by atoms with Crippen LogP contribution in [0.5, 0.6) is 0 Å². The fourth-order valence-corrected chi connectivity index (χ4v) is 1.43. The van der Waals surface area contributed by atoms with Gasteiger partial charge in [-0.25, -0.2) is 0 Å². The second-order valence-electron chi connectivity index (χ2n) is 2.61. The Labute approximate surface area is 87.1 Å². The van der Waals surface area contributed by atoms with Crippen LogP contribution in [0.1, 0.15) is 6.42 Å². The number of hydrogen-bond acceptors (Lipinski definition) is 5. The molecule has 0 spiro atoms. The van der Waals surface area contributed by atoms with Crippen molar-refractivity contribution >= 4 is 17.7 Å². The molecule has 0 aliphatic heterocycles. The average Bonchev–Trinajstić information content (AvgIpc) is 2.18. The van der Waals surface area contributed by atoms with Gasteiger partial charge in [-0.15, -0.1) is 11.8 Å². The molecule has 0 aliphatic carbocycles. The van der Waals surface area contributed by atoms with Crippen molar-refractivity contribution in [2.45, 2.75) is 12.5 Å². The van der Waals surface area contributed by atoms with Crippen molar-refractivity contribution in [3.8, 4) is 6.07 Å². The lowest BCUT2D eigenvalue weighted by Gasteiger charge is -2.06. The lowest BCUT2D eigenvalue weighted by atomic mass is 10.4. The first kappa shape index (κ1) is 13.2. The number of aliphatic hydroxyl groups excluding tert-OH is 2. The number of hydrogen-bond donors (Lipinski definition) is 3. The van der Waals surface area contributed by atoms with E-state index in [9.17, 15) is 4.79 Å². The maximum Gasteiger partial charge on any atom is 0.230 e. The highest BCUT2D eigenvalue weighted by molar-refractivity contribution is 7.99. The molecule has 0 aromatic carbocycles. The number of thioether (sulfide) groups is 1. The van der Waals surface area contributed by atoms with E-state index < -0.39 is 6.10 Å². The highest BCUT2D eigenvalue weighted by Crippen LogP contribution is 2.01. The lowest BCUT2D eigenvalue weighted by Crippen LogP contribution is -2.27. The van der Waals surface area contributed by atoms with E-state index in [2.05, 4.69) is 5.32 Å². The molecule has 1 amide bonds. The Morgan fingerprint density at radius 2 is 2.36 bits per heavy atom. The van der Waals surface area contributed by atoms with Crippen molar-refractivity contribution < 1.29 is 15.0 Å². The summed E-state index contributed by atoms with van der Waals surface area (Å²) in [6.07, 6.45) is -0.470. The van der Waals surface area contributed by atoms with Crippen LogP contribution in [-0.2, 0) is 4.79 Å². The van der Waals surface area contributed by atoms with Crippen LogP contribution in [0.4, 0.5) is 0 Å². The highest BCUT2D eigenvalue weighted by atomic mass is 32.2. The largest absolute Gasteiger partial charge is 0.394 e. The summed E-state index contributed by atoms with van der Waals surface area (Å²) in [7, 11) is 0. The van der Waals surface area contributed by atoms with Crippen molar-refractivity contribution in [1.82, 2.24) is 5.32 Å². The lowest BCUT2D eigenvalue weighted by molar-refractivity contribution is -0.118. The second kappa shape index (κ2) is 8.81. The molecule has 0 radical (unpaired) electrons. The van der Waals surface area contributed by atoms with Crippen LogP contribution in [0.2, 0.25) is 0 Å². The summed E-state index contributed by atoms with van der Waals surface area (Å²) in [4.78, 5) is 11.0. The van der Waals surface area contributed by atoms with Crippen LogP contribution in [0.3, 0.4) is 0 Å². The van der Waals surface area contributed by atoms with Gasteiger partial charge in [0, 0.05) is 12.3 Å². The summed E-state index contributed by atoms with van der Waals surface area (Å²) in [5, 5.41) is 28.2. The number of carbonyl (C=O) groups excluding carboxylic acids is 1. The fraction of sp³-hybridized carbons (Fsp3) is 0.750. The Morgan fingerprint density at radius 1 is 1.64 bits per heavy atom. The van der Waals surface area contributed by atoms with E-state index in [1.165, 1.54) is 11.8 Å². The molecule has 0 rings (SSSR count). The van der Waals surface area contributed by atoms with E-state index >= 15 is 0 Å². The molecule has 0 fully saturated rings. The molecule has 0 bridgehead atoms. The maximum atomic E-state index is 11.0. The Morgan fingerprint density at radius 3 is 2.93 bits per heavy atom. The summed E-state index contributed by atoms with van der Waals surface area (Å²) in [6, 6.07) is 1.91. The molecule has 14 heavy (non-hydrogen) atoms. The van der Waals surface area contributed by atoms with E-state index in [-0.39, 0.29) is 18.3 Å². The first-order valence-electron chi connectivity index (χ1n) is 4.21. The molecule has 1 atom stereocenters. The van der Waals surface area contributed by atoms with Crippen LogP contribution in [0.25, 0.3) is 0 Å². The average molecular weight is 218 g/mol. The molecular formula is C8H14N2O3S. The number of nitrogens with one attached hydrogen (secondary N) is 1. The molecule has 0 saturated carbocycles. The first-order chi connectivity index (χ1) is 6.70. The number of nitriles is 1. The zero-order valence-electron chi connectivity index (χ0n) is 7.77. The van der Waals surface area contributed by atoms with Crippen molar-refractivity contribution in [3.05, 3.63) is 0 Å². The third kappa shape index (κ3) is 7.86. The summed E-state index contributed by atoms with van der Waals surface area (Å²) in [5.74, 6) is 0.417. The van der Waals surface area contributed by atoms with E-state index in [1.54, 1.807) is 0 Å². The van der Waals surface area contributed by atoms with E-state index in [0.29, 0.717) is 18.7 Å². The number of carbonyl (C=O) groups is 1. The van der Waals surface area contributed by atoms with Crippen LogP contribution in [0, 0.1) is 11.3 Å². The van der Waals surface area contributed by atoms with Crippen molar-refractivity contribution in [1.29, 1.82) is 5.26 Å². The molecule has 6 heteroatoms. The van der Waals surface area contributed by atoms with E-state index in [0.717, 1.165) is 0 Å². The summed E-state index contributed by atoms with van der Waals surface area (Å²) >= 11 is 1.25. The number of nitrogens with zero attached hydrogens (tertiary/aromatic N) is 1. The number of rotatable bonds is 7. The summed E-state index contributed by atoms with van der Waals surface area (Å²) in [5.41, 5.74) is 0. The molecule has 0 aromatic heterocycles. The normalized spacial score (nSPS) is 11.8. The van der Waals surface area contributed by atoms with E-state index in [1.807, 2.05) is 6.07 Å². The molecule has 80 valence electrons. The van der Waals surface area contributed by atoms with Gasteiger partial charge in [0.05, 0.1) is 31.0 Å². The SMILES string of the molecule is N#CCCNC(=O)CSCC(O)CO. The molecular weight excluding hydrogens is 204 g/mol. The van der Waals surface area contributed by atoms with E-state index in [4.69, 9.17) is 15.5 Å². The fourth-order valence-electron chi connectivity index (χ4n) is 0.649. The van der Waals surface area contributed by atoms with Gasteiger partial charge in [0.2, 0.25) is 5.91 Å². The minimum Gasteiger partial charge on any atom is -0.394 e. The van der Waals surface area contributed by atoms with Gasteiger partial charge in [-0.05, 0) is 0 Å². The van der Waals surface area contributed by atoms with Crippen LogP contribution in [0.15, 0.2) is 0 Å². The quantitative estimate of drug-likeness (QED) is 0.482. The molecule has 1 unspecified atom stereocenters. The smallest absolute Gasteiger partial charge is 0.230 e. The summed E-state index contributed by atoms with van der Waals surface area (Å²) < 4.78 is 0. The van der Waals surface area contributed by atoms with Crippen LogP contribution in [-0.4, -0.2) is 46.9 Å². The topological polar surface area (TPSA) is 93.4 Å². The Hall–Kier alpha value is -0.770. The monoisotopic (exact) mass is 218 g/mol. The first-order valence-corrected chi connectivity index (χ1v) is 5.36. The van der Waals surface area contributed by atoms with Gasteiger partial charge in [0.1, 0.15) is 0 Å². The second-order valence-corrected chi connectivity index (χ2v) is 3.64. The van der Waals surface area contributed by atoms with Crippen LogP contribution < -0.4 is 5.32 Å². The number of aliphatic hydroxyl groups is 2. The van der Waals surface area contributed by atoms with Crippen molar-refractivity contribution in [2.24, 2.45) is 0 Å². The van der Waals surface area contributed by atoms with Gasteiger partial charge in [-0.1, -0.05) is 0 Å². The molecule has 5 nitrogen and oxygen atoms in total. The molecule has 0 aromatic rings. The summed E-state index contributed by atoms with van der Waals surface area (Å²) in [6.45, 7) is 0.0709. The van der Waals surface area contributed by atoms with Crippen molar-refractivity contribution in [2.75, 3.05) is 24.7 Å². The van der Waals surface area contributed by atoms with Gasteiger partial charge in [0.25, 0.3) is 0 Å². The Balaban J connectivity index is 3.32. The van der Waals surface area contributed by atoms with Crippen LogP contribution >= 0.6 is 11.8 Å². The van der Waals surface area contributed by atoms with Gasteiger partial charge in [0.15, 0.2) is 0 Å². The third-order valence-corrected chi connectivity index (χ3v) is 2.40. The predicted octanol–water partition coefficient (Wildman–Crippen LogP) is -0.897. The zero-order chi connectivity index (χ0) is 10.8. The van der Waals surface area contributed by atoms with Crippen molar-refractivity contribution in [3.63, 3.8) is 0 Å². The Kier molecular flexibility index (Phi) is 8.33. The maximum absolute atomic E-state index is 11.0. The molecule has 3 N–H and O–H groups in total. The highest BCUT2D eigenvalue weighted by Gasteiger charge is 2.04. The minimum absolute atomic E-state index is 0.157. The standard InChI is InChI=1S/C8H14N2O3S/c9-2-1-3-10-8(13)6-14-5-7(12)4-11/h7,11-12H,1,3-6H2,(H,10,13). The zero-order valence-corrected chi connectivity index (χ0v) is 8.59. The molecule has 0 aliphatic rings.